The van der Waals surface area contributed by atoms with Crippen LogP contribution in [0.15, 0.2) is 71.1 Å². The molecule has 4 aromatic rings. The van der Waals surface area contributed by atoms with Crippen LogP contribution in [-0.2, 0) is 28.9 Å². The van der Waals surface area contributed by atoms with Crippen LogP contribution < -0.4 is 20.5 Å². The van der Waals surface area contributed by atoms with Gasteiger partial charge in [0.2, 0.25) is 5.89 Å². The quantitative estimate of drug-likeness (QED) is 0.157. The van der Waals surface area contributed by atoms with Crippen molar-refractivity contribution in [2.75, 3.05) is 12.3 Å². The number of aryl methyl sites for hydroxylation is 2. The van der Waals surface area contributed by atoms with Crippen LogP contribution in [0.25, 0.3) is 11.5 Å². The minimum Gasteiger partial charge on any atom is -0.493 e. The third kappa shape index (κ3) is 8.76. The highest BCUT2D eigenvalue weighted by molar-refractivity contribution is 5.68. The van der Waals surface area contributed by atoms with Crippen molar-refractivity contribution in [3.05, 3.63) is 89.3 Å². The summed E-state index contributed by atoms with van der Waals surface area (Å²) in [6.45, 7) is 5.93. The number of oxazole rings is 1. The smallest absolute Gasteiger partial charge is 0.407 e. The summed E-state index contributed by atoms with van der Waals surface area (Å²) < 4.78 is 22.9. The Morgan fingerprint density at radius 3 is 2.29 bits per heavy atom. The number of nitrogen functional groups attached to an aromatic ring is 1. The van der Waals surface area contributed by atoms with Gasteiger partial charge in [-0.25, -0.2) is 9.78 Å². The minimum absolute atomic E-state index is 0.0181. The molecule has 0 saturated heterocycles. The summed E-state index contributed by atoms with van der Waals surface area (Å²) in [5, 5.41) is 11.8. The van der Waals surface area contributed by atoms with Gasteiger partial charge in [0.1, 0.15) is 23.0 Å². The summed E-state index contributed by atoms with van der Waals surface area (Å²) in [6, 6.07) is 20.1. The van der Waals surface area contributed by atoms with E-state index >= 15 is 0 Å². The molecule has 4 N–H and O–H groups in total. The Morgan fingerprint density at radius 1 is 0.952 bits per heavy atom. The summed E-state index contributed by atoms with van der Waals surface area (Å²) in [4.78, 5) is 27.7. The van der Waals surface area contributed by atoms with E-state index in [1.165, 1.54) is 0 Å². The number of alkyl carbamates (subject to hydrolysis) is 1. The van der Waals surface area contributed by atoms with Crippen LogP contribution in [0.1, 0.15) is 42.8 Å². The number of aromatic nitrogens is 1. The van der Waals surface area contributed by atoms with Crippen molar-refractivity contribution < 1.29 is 33.3 Å². The third-order valence-electron chi connectivity index (χ3n) is 6.27. The lowest BCUT2D eigenvalue weighted by Gasteiger charge is -2.14. The lowest BCUT2D eigenvalue weighted by atomic mass is 10.0. The van der Waals surface area contributed by atoms with Crippen molar-refractivity contribution in [2.45, 2.75) is 52.7 Å². The van der Waals surface area contributed by atoms with E-state index in [0.29, 0.717) is 54.0 Å². The largest absolute Gasteiger partial charge is 0.493 e. The maximum atomic E-state index is 12.0. The highest BCUT2D eigenvalue weighted by Gasteiger charge is 2.14. The van der Waals surface area contributed by atoms with E-state index in [1.54, 1.807) is 32.0 Å². The van der Waals surface area contributed by atoms with Gasteiger partial charge in [-0.3, -0.25) is 4.79 Å². The van der Waals surface area contributed by atoms with Gasteiger partial charge in [0.25, 0.3) is 0 Å². The lowest BCUT2D eigenvalue weighted by molar-refractivity contribution is -0.136. The van der Waals surface area contributed by atoms with Gasteiger partial charge < -0.3 is 34.8 Å². The number of carbonyl (C=O) groups is 2. The molecular weight excluding hydrogens is 538 g/mol. The monoisotopic (exact) mass is 573 g/mol. The van der Waals surface area contributed by atoms with Gasteiger partial charge in [-0.15, -0.1) is 0 Å². The number of anilines is 1. The Balaban J connectivity index is 1.36. The first-order valence-electron chi connectivity index (χ1n) is 13.7. The van der Waals surface area contributed by atoms with Crippen LogP contribution in [0.5, 0.6) is 17.2 Å². The predicted molar refractivity (Wildman–Crippen MR) is 158 cm³/mol. The van der Waals surface area contributed by atoms with E-state index in [2.05, 4.69) is 10.3 Å². The number of hydrogen-bond donors (Lipinski definition) is 3. The average Bonchev–Trinajstić information content (AvgIpc) is 3.32. The van der Waals surface area contributed by atoms with Gasteiger partial charge in [0, 0.05) is 30.6 Å². The zero-order valence-corrected chi connectivity index (χ0v) is 23.9. The summed E-state index contributed by atoms with van der Waals surface area (Å²) in [5.41, 5.74) is 9.58. The number of nitrogens with two attached hydrogens (primary N) is 1. The zero-order chi connectivity index (χ0) is 30.1. The van der Waals surface area contributed by atoms with Gasteiger partial charge in [-0.1, -0.05) is 6.07 Å². The fourth-order valence-electron chi connectivity index (χ4n) is 4.15. The maximum absolute atomic E-state index is 12.0. The molecule has 0 aliphatic carbocycles. The predicted octanol–water partition coefficient (Wildman–Crippen LogP) is 6.30. The normalized spacial score (nSPS) is 10.9. The second-order valence-corrected chi connectivity index (χ2v) is 9.95. The molecule has 0 aliphatic heterocycles. The molecule has 1 aromatic heterocycles. The molecule has 4 rings (SSSR count). The van der Waals surface area contributed by atoms with Crippen molar-refractivity contribution in [2.24, 2.45) is 0 Å². The fraction of sp³-hybridized carbons (Fsp3) is 0.281. The van der Waals surface area contributed by atoms with Crippen molar-refractivity contribution in [1.82, 2.24) is 10.3 Å². The molecule has 0 saturated carbocycles. The molecule has 0 bridgehead atoms. The molecule has 0 atom stereocenters. The second kappa shape index (κ2) is 14.1. The van der Waals surface area contributed by atoms with Gasteiger partial charge >= 0.3 is 12.1 Å². The van der Waals surface area contributed by atoms with Crippen LogP contribution in [0, 0.1) is 6.92 Å². The summed E-state index contributed by atoms with van der Waals surface area (Å²) >= 11 is 0. The zero-order valence-electron chi connectivity index (χ0n) is 23.9. The first kappa shape index (κ1) is 30.0. The molecule has 1 amide bonds. The molecule has 0 unspecified atom stereocenters. The summed E-state index contributed by atoms with van der Waals surface area (Å²) in [5.74, 6) is 2.29. The molecule has 42 heavy (non-hydrogen) atoms. The molecule has 3 aromatic carbocycles. The number of carboxylic acids is 1. The molecule has 0 spiro atoms. The number of aliphatic carboxylic acids is 1. The number of hydrogen-bond acceptors (Lipinski definition) is 8. The second-order valence-electron chi connectivity index (χ2n) is 9.95. The topological polar surface area (TPSA) is 146 Å². The highest BCUT2D eigenvalue weighted by atomic mass is 16.6. The number of carbonyl (C=O) groups excluding carboxylic acids is 1. The van der Waals surface area contributed by atoms with Crippen LogP contribution in [0.2, 0.25) is 0 Å². The van der Waals surface area contributed by atoms with E-state index in [0.717, 1.165) is 22.4 Å². The number of carboxylic acid groups (broad SMARTS) is 1. The highest BCUT2D eigenvalue weighted by Crippen LogP contribution is 2.27. The number of nitrogens with zero attached hydrogens (tertiary/aromatic N) is 1. The molecule has 1 heterocycles. The van der Waals surface area contributed by atoms with E-state index in [1.807, 2.05) is 55.5 Å². The van der Waals surface area contributed by atoms with Crippen LogP contribution >= 0.6 is 0 Å². The maximum Gasteiger partial charge on any atom is 0.407 e. The molecule has 10 nitrogen and oxygen atoms in total. The average molecular weight is 574 g/mol. The van der Waals surface area contributed by atoms with Gasteiger partial charge in [-0.05, 0) is 99.0 Å². The number of ether oxygens (including phenoxy) is 3. The summed E-state index contributed by atoms with van der Waals surface area (Å²) in [6.07, 6.45) is 0.0434. The molecule has 0 fully saturated rings. The van der Waals surface area contributed by atoms with Gasteiger partial charge in [0.05, 0.1) is 18.4 Å². The Bertz CT molecular complexity index is 1500. The van der Waals surface area contributed by atoms with Crippen LogP contribution in [0.4, 0.5) is 10.5 Å². The van der Waals surface area contributed by atoms with E-state index in [4.69, 9.17) is 29.5 Å². The van der Waals surface area contributed by atoms with E-state index < -0.39 is 12.1 Å². The molecular formula is C32H35N3O7. The first-order valence-corrected chi connectivity index (χ1v) is 13.7. The number of benzene rings is 3. The summed E-state index contributed by atoms with van der Waals surface area (Å²) in [7, 11) is 0. The van der Waals surface area contributed by atoms with E-state index in [9.17, 15) is 9.59 Å². The van der Waals surface area contributed by atoms with Gasteiger partial charge in [-0.2, -0.15) is 0 Å². The fourth-order valence-corrected chi connectivity index (χ4v) is 4.15. The molecule has 10 heteroatoms. The van der Waals surface area contributed by atoms with Crippen molar-refractivity contribution in [1.29, 1.82) is 0 Å². The number of rotatable bonds is 13. The molecule has 0 aliphatic rings. The third-order valence-corrected chi connectivity index (χ3v) is 6.27. The van der Waals surface area contributed by atoms with Crippen LogP contribution in [-0.4, -0.2) is 34.9 Å². The van der Waals surface area contributed by atoms with Crippen molar-refractivity contribution in [3.63, 3.8) is 0 Å². The number of amides is 1. The SMILES string of the molecule is Cc1oc(-c2ccc(Oc3ccc(N)cc3)cc2)nc1CCOc1ccc(CCC(=O)O)c(CNC(=O)OC(C)C)c1. The molecule has 220 valence electrons. The Kier molecular flexibility index (Phi) is 10.0. The van der Waals surface area contributed by atoms with Crippen LogP contribution in [0.3, 0.4) is 0 Å². The first-order chi connectivity index (χ1) is 20.2. The standard InChI is InChI=1S/C32H35N3O7/c1-20(2)40-32(38)34-19-24-18-28(12-4-22(24)7-15-30(36)37)39-17-16-29-21(3)41-31(35-29)23-5-10-26(11-6-23)42-27-13-8-25(33)9-14-27/h4-6,8-14,18,20H,7,15-17,19,33H2,1-3H3,(H,34,38)(H,36,37). The van der Waals surface area contributed by atoms with Crippen molar-refractivity contribution in [3.8, 4) is 28.7 Å². The molecule has 0 radical (unpaired) electrons. The van der Waals surface area contributed by atoms with E-state index in [-0.39, 0.29) is 19.1 Å². The lowest BCUT2D eigenvalue weighted by Crippen LogP contribution is -2.26. The Labute approximate surface area is 244 Å². The number of nitrogens with one attached hydrogen (secondary N) is 1. The Morgan fingerprint density at radius 2 is 1.62 bits per heavy atom. The Hall–Kier alpha value is -4.99. The van der Waals surface area contributed by atoms with Crippen molar-refractivity contribution >= 4 is 17.7 Å². The minimum atomic E-state index is -0.891. The van der Waals surface area contributed by atoms with Gasteiger partial charge in [0.15, 0.2) is 0 Å².